The summed E-state index contributed by atoms with van der Waals surface area (Å²) < 4.78 is 6.56. The first-order chi connectivity index (χ1) is 12.0. The van der Waals surface area contributed by atoms with Crippen LogP contribution in [0.2, 0.25) is 5.15 Å². The number of aryl methyl sites for hydroxylation is 1. The van der Waals surface area contributed by atoms with Crippen LogP contribution < -0.4 is 0 Å². The third-order valence-electron chi connectivity index (χ3n) is 3.97. The Morgan fingerprint density at radius 2 is 2.04 bits per heavy atom. The number of benzene rings is 1. The molecule has 0 fully saturated rings. The second kappa shape index (κ2) is 8.67. The van der Waals surface area contributed by atoms with Crippen molar-refractivity contribution in [1.29, 1.82) is 0 Å². The number of ether oxygens (including phenoxy) is 1. The number of methoxy groups -OCH3 is 1. The SMILES string of the molecule is CCCCc1nc(Cl)c(CC(=O)OC)n1Cc1ccccc1C(=O)O. The van der Waals surface area contributed by atoms with Gasteiger partial charge in [-0.3, -0.25) is 4.79 Å². The molecule has 0 unspecified atom stereocenters. The maximum Gasteiger partial charge on any atom is 0.336 e. The van der Waals surface area contributed by atoms with E-state index in [4.69, 9.17) is 16.3 Å². The summed E-state index contributed by atoms with van der Waals surface area (Å²) in [6.45, 7) is 2.36. The van der Waals surface area contributed by atoms with Crippen LogP contribution in [0.25, 0.3) is 0 Å². The molecule has 7 heteroatoms. The van der Waals surface area contributed by atoms with Gasteiger partial charge in [0.2, 0.25) is 0 Å². The van der Waals surface area contributed by atoms with Crippen LogP contribution in [-0.2, 0) is 28.9 Å². The van der Waals surface area contributed by atoms with Crippen molar-refractivity contribution in [1.82, 2.24) is 9.55 Å². The predicted octanol–water partition coefficient (Wildman–Crippen LogP) is 3.34. The average molecular weight is 365 g/mol. The summed E-state index contributed by atoms with van der Waals surface area (Å²) in [4.78, 5) is 27.6. The van der Waals surface area contributed by atoms with Crippen LogP contribution in [0.3, 0.4) is 0 Å². The van der Waals surface area contributed by atoms with E-state index in [0.29, 0.717) is 17.7 Å². The van der Waals surface area contributed by atoms with Crippen LogP contribution in [0.1, 0.15) is 47.2 Å². The van der Waals surface area contributed by atoms with Crippen molar-refractivity contribution in [2.75, 3.05) is 7.11 Å². The molecule has 134 valence electrons. The number of carbonyl (C=O) groups excluding carboxylic acids is 1. The van der Waals surface area contributed by atoms with Gasteiger partial charge in [0.15, 0.2) is 5.15 Å². The predicted molar refractivity (Wildman–Crippen MR) is 94.1 cm³/mol. The van der Waals surface area contributed by atoms with Gasteiger partial charge in [0.1, 0.15) is 5.82 Å². The van der Waals surface area contributed by atoms with Gasteiger partial charge in [-0.25, -0.2) is 9.78 Å². The number of hydrogen-bond acceptors (Lipinski definition) is 4. The Labute approximate surface area is 151 Å². The number of hydrogen-bond donors (Lipinski definition) is 1. The number of unbranched alkanes of at least 4 members (excludes halogenated alkanes) is 1. The van der Waals surface area contributed by atoms with E-state index in [9.17, 15) is 14.7 Å². The Bertz CT molecular complexity index is 770. The average Bonchev–Trinajstić information content (AvgIpc) is 2.88. The van der Waals surface area contributed by atoms with E-state index in [1.54, 1.807) is 24.3 Å². The second-order valence-corrected chi connectivity index (χ2v) is 6.03. The molecule has 2 rings (SSSR count). The van der Waals surface area contributed by atoms with Crippen molar-refractivity contribution in [2.45, 2.75) is 39.2 Å². The topological polar surface area (TPSA) is 81.4 Å². The Balaban J connectivity index is 2.46. The monoisotopic (exact) mass is 364 g/mol. The molecule has 25 heavy (non-hydrogen) atoms. The van der Waals surface area contributed by atoms with Gasteiger partial charge in [0.25, 0.3) is 0 Å². The summed E-state index contributed by atoms with van der Waals surface area (Å²) in [5.41, 5.74) is 1.39. The van der Waals surface area contributed by atoms with Crippen molar-refractivity contribution in [2.24, 2.45) is 0 Å². The van der Waals surface area contributed by atoms with Gasteiger partial charge in [0.05, 0.1) is 24.8 Å². The standard InChI is InChI=1S/C18H21ClN2O4/c1-3-4-9-15-20-17(19)14(10-16(22)25-2)21(15)11-12-7-5-6-8-13(12)18(23)24/h5-8H,3-4,9-11H2,1-2H3,(H,23,24). The zero-order valence-corrected chi connectivity index (χ0v) is 15.0. The van der Waals surface area contributed by atoms with E-state index in [1.165, 1.54) is 7.11 Å². The van der Waals surface area contributed by atoms with Crippen LogP contribution in [0.4, 0.5) is 0 Å². The van der Waals surface area contributed by atoms with E-state index in [2.05, 4.69) is 11.9 Å². The zero-order valence-electron chi connectivity index (χ0n) is 14.3. The Hall–Kier alpha value is -2.34. The van der Waals surface area contributed by atoms with Gasteiger partial charge in [-0.2, -0.15) is 0 Å². The summed E-state index contributed by atoms with van der Waals surface area (Å²) in [5, 5.41) is 9.64. The Morgan fingerprint density at radius 1 is 1.32 bits per heavy atom. The molecular formula is C18H21ClN2O4. The van der Waals surface area contributed by atoms with Crippen molar-refractivity contribution >= 4 is 23.5 Å². The van der Waals surface area contributed by atoms with Gasteiger partial charge in [-0.05, 0) is 18.1 Å². The lowest BCUT2D eigenvalue weighted by Gasteiger charge is -2.13. The first kappa shape index (κ1) is 19.0. The van der Waals surface area contributed by atoms with Crippen LogP contribution in [0.15, 0.2) is 24.3 Å². The van der Waals surface area contributed by atoms with Gasteiger partial charge in [-0.15, -0.1) is 0 Å². The fourth-order valence-electron chi connectivity index (χ4n) is 2.63. The third-order valence-corrected chi connectivity index (χ3v) is 4.28. The number of imidazole rings is 1. The minimum Gasteiger partial charge on any atom is -0.478 e. The molecule has 1 heterocycles. The highest BCUT2D eigenvalue weighted by atomic mass is 35.5. The molecule has 1 aromatic heterocycles. The van der Waals surface area contributed by atoms with E-state index in [1.807, 2.05) is 4.57 Å². The van der Waals surface area contributed by atoms with Gasteiger partial charge in [0, 0.05) is 13.0 Å². The quantitative estimate of drug-likeness (QED) is 0.726. The van der Waals surface area contributed by atoms with Crippen LogP contribution in [-0.4, -0.2) is 33.7 Å². The number of carboxylic acid groups (broad SMARTS) is 1. The lowest BCUT2D eigenvalue weighted by atomic mass is 10.1. The molecule has 0 amide bonds. The molecule has 0 aliphatic rings. The van der Waals surface area contributed by atoms with Crippen LogP contribution in [0.5, 0.6) is 0 Å². The highest BCUT2D eigenvalue weighted by Gasteiger charge is 2.20. The van der Waals surface area contributed by atoms with Crippen molar-refractivity contribution in [3.8, 4) is 0 Å². The largest absolute Gasteiger partial charge is 0.478 e. The highest BCUT2D eigenvalue weighted by Crippen LogP contribution is 2.23. The summed E-state index contributed by atoms with van der Waals surface area (Å²) in [6, 6.07) is 6.78. The number of aromatic carboxylic acids is 1. The third kappa shape index (κ3) is 4.60. The smallest absolute Gasteiger partial charge is 0.336 e. The molecule has 0 bridgehead atoms. The molecule has 0 atom stereocenters. The molecule has 0 radical (unpaired) electrons. The van der Waals surface area contributed by atoms with E-state index >= 15 is 0 Å². The molecule has 0 aliphatic carbocycles. The Kier molecular flexibility index (Phi) is 6.58. The first-order valence-electron chi connectivity index (χ1n) is 8.09. The van der Waals surface area contributed by atoms with Crippen LogP contribution >= 0.6 is 11.6 Å². The molecule has 6 nitrogen and oxygen atoms in total. The second-order valence-electron chi connectivity index (χ2n) is 5.67. The summed E-state index contributed by atoms with van der Waals surface area (Å²) in [5.74, 6) is -0.672. The maximum absolute atomic E-state index is 11.7. The summed E-state index contributed by atoms with van der Waals surface area (Å²) in [7, 11) is 1.31. The molecule has 1 N–H and O–H groups in total. The van der Waals surface area contributed by atoms with E-state index in [0.717, 1.165) is 18.7 Å². The molecule has 0 saturated heterocycles. The van der Waals surface area contributed by atoms with Crippen molar-refractivity contribution in [3.63, 3.8) is 0 Å². The number of nitrogens with zero attached hydrogens (tertiary/aromatic N) is 2. The van der Waals surface area contributed by atoms with Crippen LogP contribution in [0, 0.1) is 0 Å². The molecule has 2 aromatic rings. The number of carbonyl (C=O) groups is 2. The molecule has 0 aliphatic heterocycles. The summed E-state index contributed by atoms with van der Waals surface area (Å²) in [6.07, 6.45) is 2.60. The van der Waals surface area contributed by atoms with Crippen molar-refractivity contribution < 1.29 is 19.4 Å². The number of aromatic nitrogens is 2. The lowest BCUT2D eigenvalue weighted by Crippen LogP contribution is -2.15. The van der Waals surface area contributed by atoms with E-state index < -0.39 is 11.9 Å². The molecular weight excluding hydrogens is 344 g/mol. The van der Waals surface area contributed by atoms with Gasteiger partial charge in [-0.1, -0.05) is 43.1 Å². The molecule has 1 aromatic carbocycles. The minimum absolute atomic E-state index is 0.0102. The van der Waals surface area contributed by atoms with Gasteiger partial charge < -0.3 is 14.4 Å². The lowest BCUT2D eigenvalue weighted by molar-refractivity contribution is -0.139. The van der Waals surface area contributed by atoms with Gasteiger partial charge >= 0.3 is 11.9 Å². The first-order valence-corrected chi connectivity index (χ1v) is 8.47. The van der Waals surface area contributed by atoms with E-state index in [-0.39, 0.29) is 23.7 Å². The zero-order chi connectivity index (χ0) is 18.4. The molecule has 0 saturated carbocycles. The summed E-state index contributed by atoms with van der Waals surface area (Å²) >= 11 is 6.24. The Morgan fingerprint density at radius 3 is 2.68 bits per heavy atom. The number of rotatable bonds is 8. The normalized spacial score (nSPS) is 10.7. The fraction of sp³-hybridized carbons (Fsp3) is 0.389. The number of esters is 1. The number of halogens is 1. The van der Waals surface area contributed by atoms with Crippen molar-refractivity contribution in [3.05, 3.63) is 52.1 Å². The highest BCUT2D eigenvalue weighted by molar-refractivity contribution is 6.30. The maximum atomic E-state index is 11.7. The fourth-order valence-corrected chi connectivity index (χ4v) is 2.90. The molecule has 0 spiro atoms. The minimum atomic E-state index is -0.994. The number of carboxylic acids is 1.